The third-order valence-electron chi connectivity index (χ3n) is 3.55. The van der Waals surface area contributed by atoms with Crippen molar-refractivity contribution >= 4 is 23.3 Å². The molecule has 0 aliphatic rings. The maximum Gasteiger partial charge on any atom is 0.379 e. The van der Waals surface area contributed by atoms with Gasteiger partial charge in [0.25, 0.3) is 17.5 Å². The summed E-state index contributed by atoms with van der Waals surface area (Å²) in [5.41, 5.74) is 2.43. The highest BCUT2D eigenvalue weighted by atomic mass is 16.5. The Morgan fingerprint density at radius 2 is 2.04 bits per heavy atom. The zero-order valence-corrected chi connectivity index (χ0v) is 14.1. The summed E-state index contributed by atoms with van der Waals surface area (Å²) in [6.45, 7) is 5.23. The first kappa shape index (κ1) is 16.6. The topological polar surface area (TPSA) is 98.5 Å². The molecule has 1 amide bonds. The number of fused-ring (bicyclic) bond motifs is 1. The Morgan fingerprint density at radius 1 is 1.24 bits per heavy atom. The molecule has 8 nitrogen and oxygen atoms in total. The Balaban J connectivity index is 1.68. The molecule has 0 fully saturated rings. The summed E-state index contributed by atoms with van der Waals surface area (Å²) in [5, 5.41) is 6.76. The number of aryl methyl sites for hydroxylation is 2. The Morgan fingerprint density at radius 3 is 2.76 bits per heavy atom. The second kappa shape index (κ2) is 6.68. The number of aromatic nitrogens is 4. The summed E-state index contributed by atoms with van der Waals surface area (Å²) in [5.74, 6) is -1.06. The Labute approximate surface area is 143 Å². The number of ether oxygens (including phenoxy) is 1. The Hall–Kier alpha value is -3.29. The Bertz CT molecular complexity index is 950. The first-order chi connectivity index (χ1) is 11.9. The van der Waals surface area contributed by atoms with Crippen LogP contribution in [-0.4, -0.2) is 37.6 Å². The average Bonchev–Trinajstić information content (AvgIpc) is 3.00. The maximum absolute atomic E-state index is 12.2. The molecule has 0 aliphatic heterocycles. The van der Waals surface area contributed by atoms with Crippen molar-refractivity contribution in [2.24, 2.45) is 0 Å². The van der Waals surface area contributed by atoms with E-state index < -0.39 is 18.0 Å². The highest BCUT2D eigenvalue weighted by Gasteiger charge is 2.22. The van der Waals surface area contributed by atoms with Gasteiger partial charge in [0.2, 0.25) is 0 Å². The molecule has 128 valence electrons. The number of benzene rings is 1. The van der Waals surface area contributed by atoms with Gasteiger partial charge in [0.15, 0.2) is 6.10 Å². The van der Waals surface area contributed by atoms with Crippen LogP contribution in [0.5, 0.6) is 0 Å². The number of esters is 1. The van der Waals surface area contributed by atoms with E-state index in [4.69, 9.17) is 4.74 Å². The molecule has 25 heavy (non-hydrogen) atoms. The largest absolute Gasteiger partial charge is 0.447 e. The van der Waals surface area contributed by atoms with Gasteiger partial charge in [-0.3, -0.25) is 4.79 Å². The van der Waals surface area contributed by atoms with Crippen LogP contribution >= 0.6 is 0 Å². The highest BCUT2D eigenvalue weighted by molar-refractivity contribution is 5.96. The van der Waals surface area contributed by atoms with Gasteiger partial charge >= 0.3 is 5.97 Å². The molecule has 3 rings (SSSR count). The van der Waals surface area contributed by atoms with Crippen LogP contribution in [0.15, 0.2) is 36.5 Å². The van der Waals surface area contributed by atoms with Crippen LogP contribution in [0.3, 0.4) is 0 Å². The molecule has 0 unspecified atom stereocenters. The van der Waals surface area contributed by atoms with Gasteiger partial charge in [0.05, 0.1) is 0 Å². The normalized spacial score (nSPS) is 12.0. The van der Waals surface area contributed by atoms with Gasteiger partial charge in [-0.15, -0.1) is 5.10 Å². The fourth-order valence-electron chi connectivity index (χ4n) is 2.23. The van der Waals surface area contributed by atoms with Gasteiger partial charge in [0, 0.05) is 17.6 Å². The van der Waals surface area contributed by atoms with E-state index in [0.29, 0.717) is 11.5 Å². The highest BCUT2D eigenvalue weighted by Crippen LogP contribution is 2.11. The third kappa shape index (κ3) is 3.63. The monoisotopic (exact) mass is 339 g/mol. The minimum absolute atomic E-state index is 0.142. The molecule has 0 spiro atoms. The van der Waals surface area contributed by atoms with Crippen LogP contribution in [-0.2, 0) is 9.53 Å². The number of rotatable bonds is 4. The molecule has 2 aromatic heterocycles. The minimum atomic E-state index is -0.992. The fraction of sp³-hybridized carbons (Fsp3) is 0.235. The molecular formula is C17H17N5O3. The van der Waals surface area contributed by atoms with Crippen molar-refractivity contribution in [1.82, 2.24) is 19.6 Å². The van der Waals surface area contributed by atoms with Crippen molar-refractivity contribution in [2.75, 3.05) is 5.32 Å². The second-order valence-electron chi connectivity index (χ2n) is 5.64. The van der Waals surface area contributed by atoms with Gasteiger partial charge in [-0.05, 0) is 44.5 Å². The van der Waals surface area contributed by atoms with Crippen molar-refractivity contribution in [3.8, 4) is 0 Å². The zero-order valence-electron chi connectivity index (χ0n) is 14.1. The van der Waals surface area contributed by atoms with Crippen molar-refractivity contribution in [3.63, 3.8) is 0 Å². The molecule has 0 aliphatic carbocycles. The summed E-state index contributed by atoms with van der Waals surface area (Å²) in [6, 6.07) is 9.08. The standard InChI is InChI=1S/C17H17N5O3/c1-10-5-4-6-13(9-10)19-15(23)12(3)25-16(24)14-20-17-18-8-7-11(2)22(17)21-14/h4-9,12H,1-3H3,(H,19,23)/t12-/m1/s1. The van der Waals surface area contributed by atoms with Gasteiger partial charge in [-0.25, -0.2) is 14.3 Å². The lowest BCUT2D eigenvalue weighted by Gasteiger charge is -2.12. The average molecular weight is 339 g/mol. The lowest BCUT2D eigenvalue weighted by Crippen LogP contribution is -2.30. The number of carbonyl (C=O) groups is 2. The van der Waals surface area contributed by atoms with Gasteiger partial charge < -0.3 is 10.1 Å². The molecule has 0 bridgehead atoms. The van der Waals surface area contributed by atoms with E-state index in [1.807, 2.05) is 32.0 Å². The fourth-order valence-corrected chi connectivity index (χ4v) is 2.23. The third-order valence-corrected chi connectivity index (χ3v) is 3.55. The van der Waals surface area contributed by atoms with Gasteiger partial charge in [-0.2, -0.15) is 4.98 Å². The van der Waals surface area contributed by atoms with Crippen LogP contribution in [0, 0.1) is 13.8 Å². The van der Waals surface area contributed by atoms with E-state index in [1.54, 1.807) is 18.3 Å². The number of nitrogens with one attached hydrogen (secondary N) is 1. The van der Waals surface area contributed by atoms with Crippen molar-refractivity contribution < 1.29 is 14.3 Å². The van der Waals surface area contributed by atoms with Gasteiger partial charge in [-0.1, -0.05) is 12.1 Å². The molecule has 1 N–H and O–H groups in total. The number of carbonyl (C=O) groups excluding carboxylic acids is 2. The molecule has 1 atom stereocenters. The van der Waals surface area contributed by atoms with E-state index in [0.717, 1.165) is 11.3 Å². The molecule has 2 heterocycles. The molecule has 0 saturated heterocycles. The summed E-state index contributed by atoms with van der Waals surface area (Å²) in [7, 11) is 0. The molecule has 1 aromatic carbocycles. The lowest BCUT2D eigenvalue weighted by atomic mass is 10.2. The van der Waals surface area contributed by atoms with E-state index >= 15 is 0 Å². The quantitative estimate of drug-likeness (QED) is 0.729. The van der Waals surface area contributed by atoms with Gasteiger partial charge in [0.1, 0.15) is 0 Å². The van der Waals surface area contributed by atoms with Crippen molar-refractivity contribution in [2.45, 2.75) is 26.9 Å². The lowest BCUT2D eigenvalue weighted by molar-refractivity contribution is -0.123. The summed E-state index contributed by atoms with van der Waals surface area (Å²) in [4.78, 5) is 32.4. The zero-order chi connectivity index (χ0) is 18.0. The first-order valence-electron chi connectivity index (χ1n) is 7.71. The Kier molecular flexibility index (Phi) is 4.42. The summed E-state index contributed by atoms with van der Waals surface area (Å²) in [6.07, 6.45) is 0.584. The van der Waals surface area contributed by atoms with E-state index in [2.05, 4.69) is 20.4 Å². The summed E-state index contributed by atoms with van der Waals surface area (Å²) >= 11 is 0. The molecular weight excluding hydrogens is 322 g/mol. The van der Waals surface area contributed by atoms with Crippen LogP contribution in [0.25, 0.3) is 5.78 Å². The maximum atomic E-state index is 12.2. The molecule has 3 aromatic rings. The molecule has 0 radical (unpaired) electrons. The molecule has 0 saturated carbocycles. The van der Waals surface area contributed by atoms with E-state index in [9.17, 15) is 9.59 Å². The first-order valence-corrected chi connectivity index (χ1v) is 7.71. The minimum Gasteiger partial charge on any atom is -0.447 e. The van der Waals surface area contributed by atoms with Crippen LogP contribution in [0.4, 0.5) is 5.69 Å². The van der Waals surface area contributed by atoms with E-state index in [-0.39, 0.29) is 5.82 Å². The summed E-state index contributed by atoms with van der Waals surface area (Å²) < 4.78 is 6.59. The smallest absolute Gasteiger partial charge is 0.379 e. The predicted molar refractivity (Wildman–Crippen MR) is 90.2 cm³/mol. The second-order valence-corrected chi connectivity index (χ2v) is 5.64. The number of anilines is 1. The predicted octanol–water partition coefficient (Wildman–Crippen LogP) is 1.93. The number of hydrogen-bond acceptors (Lipinski definition) is 6. The van der Waals surface area contributed by atoms with Crippen LogP contribution < -0.4 is 5.32 Å². The molecule has 8 heteroatoms. The van der Waals surface area contributed by atoms with Crippen LogP contribution in [0.2, 0.25) is 0 Å². The van der Waals surface area contributed by atoms with Crippen LogP contribution in [0.1, 0.15) is 28.8 Å². The van der Waals surface area contributed by atoms with E-state index in [1.165, 1.54) is 11.4 Å². The van der Waals surface area contributed by atoms with Crippen molar-refractivity contribution in [1.29, 1.82) is 0 Å². The van der Waals surface area contributed by atoms with Crippen molar-refractivity contribution in [3.05, 3.63) is 53.6 Å². The number of nitrogens with zero attached hydrogens (tertiary/aromatic N) is 4. The SMILES string of the molecule is Cc1cccc(NC(=O)[C@@H](C)OC(=O)c2nc3nccc(C)n3n2)c1. The number of amides is 1. The number of hydrogen-bond donors (Lipinski definition) is 1.